The lowest BCUT2D eigenvalue weighted by Gasteiger charge is -2.37. The molecular formula is C29H36N4O5. The molecule has 1 amide bonds. The summed E-state index contributed by atoms with van der Waals surface area (Å²) in [6.45, 7) is 5.13. The van der Waals surface area contributed by atoms with Crippen molar-refractivity contribution in [1.29, 1.82) is 0 Å². The molecule has 0 atom stereocenters. The van der Waals surface area contributed by atoms with Gasteiger partial charge in [-0.3, -0.25) is 9.59 Å². The van der Waals surface area contributed by atoms with E-state index >= 15 is 0 Å². The Kier molecular flexibility index (Phi) is 8.68. The largest absolute Gasteiger partial charge is 0.497 e. The van der Waals surface area contributed by atoms with E-state index < -0.39 is 5.97 Å². The average molecular weight is 521 g/mol. The Morgan fingerprint density at radius 3 is 2.29 bits per heavy atom. The zero-order valence-electron chi connectivity index (χ0n) is 22.6. The predicted molar refractivity (Wildman–Crippen MR) is 148 cm³/mol. The standard InChI is InChI=1S/C29H36N4O5/c1-5-38-29(36)25-26(23-9-6-7-10-24(23)33(28(25)35)16-8-15-30(2)3)31-17-19-32(20-18-31)27(34)21-11-13-22(37-4)14-12-21/h6-7,9-14H,5,8,15-20H2,1-4H3. The van der Waals surface area contributed by atoms with Crippen LogP contribution in [0.2, 0.25) is 0 Å². The molecule has 38 heavy (non-hydrogen) atoms. The Labute approximate surface area is 223 Å². The van der Waals surface area contributed by atoms with Crippen molar-refractivity contribution in [3.8, 4) is 5.75 Å². The Hall–Kier alpha value is -3.85. The molecular weight excluding hydrogens is 484 g/mol. The maximum Gasteiger partial charge on any atom is 0.345 e. The SMILES string of the molecule is CCOC(=O)c1c(N2CCN(C(=O)c3ccc(OC)cc3)CC2)c2ccccc2n(CCCN(C)C)c1=O. The lowest BCUT2D eigenvalue weighted by Crippen LogP contribution is -2.49. The van der Waals surface area contributed by atoms with Crippen LogP contribution in [0.3, 0.4) is 0 Å². The van der Waals surface area contributed by atoms with E-state index in [-0.39, 0.29) is 23.6 Å². The number of amides is 1. The molecule has 4 rings (SSSR count). The average Bonchev–Trinajstić information content (AvgIpc) is 2.93. The number of pyridine rings is 1. The number of ether oxygens (including phenoxy) is 2. The monoisotopic (exact) mass is 520 g/mol. The molecule has 0 radical (unpaired) electrons. The van der Waals surface area contributed by atoms with Crippen molar-refractivity contribution in [3.63, 3.8) is 0 Å². The Balaban J connectivity index is 1.67. The lowest BCUT2D eigenvalue weighted by molar-refractivity contribution is 0.0523. The topological polar surface area (TPSA) is 84.3 Å². The Morgan fingerprint density at radius 2 is 1.66 bits per heavy atom. The number of carbonyl (C=O) groups is 2. The Bertz CT molecular complexity index is 1340. The molecule has 0 N–H and O–H groups in total. The number of hydrogen-bond acceptors (Lipinski definition) is 7. The van der Waals surface area contributed by atoms with Gasteiger partial charge in [-0.05, 0) is 64.3 Å². The highest BCUT2D eigenvalue weighted by Gasteiger charge is 2.30. The number of benzene rings is 2. The number of fused-ring (bicyclic) bond motifs is 1. The number of rotatable bonds is 9. The van der Waals surface area contributed by atoms with E-state index in [1.54, 1.807) is 47.8 Å². The van der Waals surface area contributed by atoms with E-state index in [1.807, 2.05) is 43.3 Å². The zero-order chi connectivity index (χ0) is 27.2. The number of methoxy groups -OCH3 is 1. The van der Waals surface area contributed by atoms with Crippen molar-refractivity contribution in [2.45, 2.75) is 19.9 Å². The summed E-state index contributed by atoms with van der Waals surface area (Å²) in [7, 11) is 5.58. The highest BCUT2D eigenvalue weighted by Crippen LogP contribution is 2.31. The van der Waals surface area contributed by atoms with Crippen LogP contribution in [0.4, 0.5) is 5.69 Å². The third-order valence-corrected chi connectivity index (χ3v) is 6.83. The van der Waals surface area contributed by atoms with Crippen LogP contribution < -0.4 is 15.2 Å². The van der Waals surface area contributed by atoms with Crippen molar-refractivity contribution in [2.24, 2.45) is 0 Å². The quantitative estimate of drug-likeness (QED) is 0.401. The van der Waals surface area contributed by atoms with Gasteiger partial charge < -0.3 is 28.7 Å². The molecule has 2 heterocycles. The van der Waals surface area contributed by atoms with E-state index in [0.29, 0.717) is 49.7 Å². The van der Waals surface area contributed by atoms with Crippen LogP contribution in [0.25, 0.3) is 10.9 Å². The summed E-state index contributed by atoms with van der Waals surface area (Å²) >= 11 is 0. The van der Waals surface area contributed by atoms with Crippen molar-refractivity contribution in [1.82, 2.24) is 14.4 Å². The number of anilines is 1. The third-order valence-electron chi connectivity index (χ3n) is 6.83. The number of para-hydroxylation sites is 1. The maximum absolute atomic E-state index is 13.8. The fourth-order valence-electron chi connectivity index (χ4n) is 4.92. The van der Waals surface area contributed by atoms with Crippen LogP contribution in [-0.2, 0) is 11.3 Å². The highest BCUT2D eigenvalue weighted by molar-refractivity contribution is 6.05. The molecule has 0 aliphatic carbocycles. The van der Waals surface area contributed by atoms with E-state index in [0.717, 1.165) is 23.9 Å². The van der Waals surface area contributed by atoms with Crippen LogP contribution in [0.5, 0.6) is 5.75 Å². The first-order valence-corrected chi connectivity index (χ1v) is 13.0. The highest BCUT2D eigenvalue weighted by atomic mass is 16.5. The summed E-state index contributed by atoms with van der Waals surface area (Å²) in [6.07, 6.45) is 0.769. The number of hydrogen-bond donors (Lipinski definition) is 0. The first kappa shape index (κ1) is 27.2. The molecule has 202 valence electrons. The van der Waals surface area contributed by atoms with Gasteiger partial charge in [0, 0.05) is 43.7 Å². The number of piperazine rings is 1. The van der Waals surface area contributed by atoms with Gasteiger partial charge in [0.15, 0.2) is 0 Å². The second-order valence-electron chi connectivity index (χ2n) is 9.58. The van der Waals surface area contributed by atoms with E-state index in [1.165, 1.54) is 0 Å². The van der Waals surface area contributed by atoms with E-state index in [9.17, 15) is 14.4 Å². The summed E-state index contributed by atoms with van der Waals surface area (Å²) in [6, 6.07) is 14.8. The first-order valence-electron chi connectivity index (χ1n) is 13.0. The van der Waals surface area contributed by atoms with Crippen LogP contribution in [0.15, 0.2) is 53.3 Å². The van der Waals surface area contributed by atoms with Gasteiger partial charge in [-0.2, -0.15) is 0 Å². The van der Waals surface area contributed by atoms with Crippen molar-refractivity contribution in [2.75, 3.05) is 65.4 Å². The van der Waals surface area contributed by atoms with E-state index in [4.69, 9.17) is 9.47 Å². The van der Waals surface area contributed by atoms with Crippen LogP contribution in [0, 0.1) is 0 Å². The van der Waals surface area contributed by atoms with E-state index in [2.05, 4.69) is 4.90 Å². The second kappa shape index (κ2) is 12.1. The molecule has 1 fully saturated rings. The van der Waals surface area contributed by atoms with Gasteiger partial charge in [-0.15, -0.1) is 0 Å². The molecule has 2 aromatic carbocycles. The zero-order valence-corrected chi connectivity index (χ0v) is 22.6. The van der Waals surface area contributed by atoms with Gasteiger partial charge in [-0.25, -0.2) is 4.79 Å². The minimum absolute atomic E-state index is 0.0564. The Morgan fingerprint density at radius 1 is 0.974 bits per heavy atom. The van der Waals surface area contributed by atoms with Crippen molar-refractivity contribution in [3.05, 3.63) is 70.0 Å². The van der Waals surface area contributed by atoms with Crippen LogP contribution >= 0.6 is 0 Å². The number of aromatic nitrogens is 1. The molecule has 3 aromatic rings. The molecule has 1 aliphatic heterocycles. The molecule has 0 bridgehead atoms. The molecule has 1 saturated heterocycles. The summed E-state index contributed by atoms with van der Waals surface area (Å²) in [5.74, 6) is 0.0247. The predicted octanol–water partition coefficient (Wildman–Crippen LogP) is 3.10. The molecule has 1 aromatic heterocycles. The summed E-state index contributed by atoms with van der Waals surface area (Å²) < 4.78 is 12.2. The fourth-order valence-corrected chi connectivity index (χ4v) is 4.92. The van der Waals surface area contributed by atoms with Gasteiger partial charge in [-0.1, -0.05) is 18.2 Å². The maximum atomic E-state index is 13.8. The second-order valence-corrected chi connectivity index (χ2v) is 9.58. The summed E-state index contributed by atoms with van der Waals surface area (Å²) in [5.41, 5.74) is 1.69. The number of nitrogens with zero attached hydrogens (tertiary/aromatic N) is 4. The van der Waals surface area contributed by atoms with Gasteiger partial charge in [0.25, 0.3) is 11.5 Å². The number of aryl methyl sites for hydroxylation is 1. The minimum atomic E-state index is -0.614. The van der Waals surface area contributed by atoms with Gasteiger partial charge in [0.1, 0.15) is 11.3 Å². The number of esters is 1. The normalized spacial score (nSPS) is 13.7. The van der Waals surface area contributed by atoms with Crippen LogP contribution in [-0.4, -0.2) is 86.8 Å². The molecule has 0 saturated carbocycles. The van der Waals surface area contributed by atoms with Crippen molar-refractivity contribution >= 4 is 28.5 Å². The number of carbonyl (C=O) groups excluding carboxylic acids is 2. The molecule has 9 heteroatoms. The van der Waals surface area contributed by atoms with Crippen LogP contribution in [0.1, 0.15) is 34.1 Å². The molecule has 0 unspecified atom stereocenters. The smallest absolute Gasteiger partial charge is 0.345 e. The summed E-state index contributed by atoms with van der Waals surface area (Å²) in [5, 5.41) is 0.829. The van der Waals surface area contributed by atoms with Gasteiger partial charge in [0.2, 0.25) is 0 Å². The molecule has 1 aliphatic rings. The first-order chi connectivity index (χ1) is 18.3. The molecule has 0 spiro atoms. The third kappa shape index (κ3) is 5.67. The minimum Gasteiger partial charge on any atom is -0.497 e. The molecule has 9 nitrogen and oxygen atoms in total. The lowest BCUT2D eigenvalue weighted by atomic mass is 10.1. The van der Waals surface area contributed by atoms with Crippen molar-refractivity contribution < 1.29 is 19.1 Å². The fraction of sp³-hybridized carbons (Fsp3) is 0.414. The van der Waals surface area contributed by atoms with Gasteiger partial charge in [0.05, 0.1) is 24.9 Å². The van der Waals surface area contributed by atoms with Gasteiger partial charge >= 0.3 is 5.97 Å². The summed E-state index contributed by atoms with van der Waals surface area (Å²) in [4.78, 5) is 46.0.